The van der Waals surface area contributed by atoms with Gasteiger partial charge in [0, 0.05) is 18.7 Å². The molecule has 6 nitrogen and oxygen atoms in total. The first-order chi connectivity index (χ1) is 9.97. The molecular formula is C15H20N2O4. The zero-order valence-electron chi connectivity index (χ0n) is 12.0. The van der Waals surface area contributed by atoms with Crippen molar-refractivity contribution in [1.29, 1.82) is 0 Å². The second-order valence-electron chi connectivity index (χ2n) is 5.80. The number of nitro groups is 1. The highest BCUT2D eigenvalue weighted by molar-refractivity contribution is 5.94. The van der Waals surface area contributed by atoms with E-state index >= 15 is 0 Å². The third-order valence-corrected chi connectivity index (χ3v) is 4.16. The molecule has 21 heavy (non-hydrogen) atoms. The van der Waals surface area contributed by atoms with Crippen molar-refractivity contribution < 1.29 is 14.8 Å². The van der Waals surface area contributed by atoms with E-state index in [0.29, 0.717) is 18.2 Å². The highest BCUT2D eigenvalue weighted by Gasteiger charge is 2.20. The van der Waals surface area contributed by atoms with Crippen LogP contribution in [-0.2, 0) is 0 Å². The number of nitrogens with zero attached hydrogens (tertiary/aromatic N) is 1. The maximum atomic E-state index is 11.2. The van der Waals surface area contributed by atoms with Gasteiger partial charge in [-0.05, 0) is 30.7 Å². The Balaban J connectivity index is 2.08. The first-order valence-electron chi connectivity index (χ1n) is 7.23. The van der Waals surface area contributed by atoms with E-state index in [1.807, 2.05) is 0 Å². The minimum Gasteiger partial charge on any atom is -0.478 e. The Bertz CT molecular complexity index is 536. The second-order valence-corrected chi connectivity index (χ2v) is 5.80. The number of aromatic carboxylic acids is 1. The van der Waals surface area contributed by atoms with Gasteiger partial charge in [0.25, 0.3) is 5.69 Å². The van der Waals surface area contributed by atoms with Crippen molar-refractivity contribution in [3.8, 4) is 0 Å². The van der Waals surface area contributed by atoms with Crippen LogP contribution >= 0.6 is 0 Å². The van der Waals surface area contributed by atoms with Crippen molar-refractivity contribution in [3.63, 3.8) is 0 Å². The van der Waals surface area contributed by atoms with Crippen LogP contribution in [0.3, 0.4) is 0 Å². The fraction of sp³-hybridized carbons (Fsp3) is 0.533. The molecule has 0 amide bonds. The summed E-state index contributed by atoms with van der Waals surface area (Å²) in [5, 5.41) is 23.1. The molecule has 0 atom stereocenters. The van der Waals surface area contributed by atoms with Crippen molar-refractivity contribution in [1.82, 2.24) is 0 Å². The third kappa shape index (κ3) is 3.93. The van der Waals surface area contributed by atoms with E-state index in [9.17, 15) is 14.9 Å². The fourth-order valence-corrected chi connectivity index (χ4v) is 2.77. The molecule has 1 aromatic rings. The second kappa shape index (κ2) is 6.56. The molecule has 0 aromatic heterocycles. The molecular weight excluding hydrogens is 272 g/mol. The van der Waals surface area contributed by atoms with Crippen LogP contribution in [0.25, 0.3) is 0 Å². The maximum Gasteiger partial charge on any atom is 0.337 e. The van der Waals surface area contributed by atoms with Crippen LogP contribution in [-0.4, -0.2) is 22.5 Å². The van der Waals surface area contributed by atoms with Crippen LogP contribution in [0.2, 0.25) is 0 Å². The summed E-state index contributed by atoms with van der Waals surface area (Å²) in [6, 6.07) is 3.80. The molecule has 1 saturated carbocycles. The zero-order valence-corrected chi connectivity index (χ0v) is 12.0. The molecule has 1 aliphatic rings. The molecule has 0 aliphatic heterocycles. The van der Waals surface area contributed by atoms with E-state index in [1.54, 1.807) is 0 Å². The summed E-state index contributed by atoms with van der Waals surface area (Å²) in [5.41, 5.74) is 0.305. The zero-order chi connectivity index (χ0) is 15.4. The Labute approximate surface area is 123 Å². The van der Waals surface area contributed by atoms with Crippen molar-refractivity contribution >= 4 is 17.3 Å². The van der Waals surface area contributed by atoms with Gasteiger partial charge in [-0.15, -0.1) is 0 Å². The minimum atomic E-state index is -1.08. The molecule has 0 bridgehead atoms. The number of carboxylic acids is 1. The Hall–Kier alpha value is -2.11. The summed E-state index contributed by atoms with van der Waals surface area (Å²) in [6.07, 6.45) is 4.61. The number of nitro benzene ring substituents is 1. The van der Waals surface area contributed by atoms with Crippen molar-refractivity contribution in [3.05, 3.63) is 33.9 Å². The van der Waals surface area contributed by atoms with Gasteiger partial charge in [-0.3, -0.25) is 10.1 Å². The first kappa shape index (κ1) is 15.3. The van der Waals surface area contributed by atoms with E-state index in [-0.39, 0.29) is 11.3 Å². The van der Waals surface area contributed by atoms with E-state index in [2.05, 4.69) is 12.2 Å². The van der Waals surface area contributed by atoms with Crippen molar-refractivity contribution in [2.45, 2.75) is 32.6 Å². The lowest BCUT2D eigenvalue weighted by Gasteiger charge is -2.26. The lowest BCUT2D eigenvalue weighted by atomic mass is 9.83. The van der Waals surface area contributed by atoms with Crippen LogP contribution in [0.5, 0.6) is 0 Å². The molecule has 0 unspecified atom stereocenters. The van der Waals surface area contributed by atoms with E-state index in [0.717, 1.165) is 18.8 Å². The van der Waals surface area contributed by atoms with Crippen LogP contribution in [0, 0.1) is 22.0 Å². The highest BCUT2D eigenvalue weighted by atomic mass is 16.6. The predicted molar refractivity (Wildman–Crippen MR) is 79.7 cm³/mol. The van der Waals surface area contributed by atoms with Crippen LogP contribution < -0.4 is 5.32 Å². The van der Waals surface area contributed by atoms with E-state index in [4.69, 9.17) is 5.11 Å². The molecule has 2 rings (SSSR count). The van der Waals surface area contributed by atoms with E-state index < -0.39 is 10.9 Å². The summed E-state index contributed by atoms with van der Waals surface area (Å²) in [7, 11) is 0. The molecule has 0 spiro atoms. The number of benzene rings is 1. The SMILES string of the molecule is CC1CCC(CNc2cc([N+](=O)[O-])ccc2C(=O)O)CC1. The number of nitrogens with one attached hydrogen (secondary N) is 1. The van der Waals surface area contributed by atoms with Crippen molar-refractivity contribution in [2.75, 3.05) is 11.9 Å². The lowest BCUT2D eigenvalue weighted by Crippen LogP contribution is -2.21. The number of hydrogen-bond donors (Lipinski definition) is 2. The summed E-state index contributed by atoms with van der Waals surface area (Å²) in [6.45, 7) is 2.90. The molecule has 6 heteroatoms. The van der Waals surface area contributed by atoms with Gasteiger partial charge in [-0.1, -0.05) is 19.8 Å². The number of rotatable bonds is 5. The largest absolute Gasteiger partial charge is 0.478 e. The normalized spacial score (nSPS) is 21.8. The lowest BCUT2D eigenvalue weighted by molar-refractivity contribution is -0.384. The van der Waals surface area contributed by atoms with Gasteiger partial charge in [0.1, 0.15) is 0 Å². The van der Waals surface area contributed by atoms with Crippen LogP contribution in [0.1, 0.15) is 43.0 Å². The average Bonchev–Trinajstić information content (AvgIpc) is 2.46. The number of hydrogen-bond acceptors (Lipinski definition) is 4. The third-order valence-electron chi connectivity index (χ3n) is 4.16. The quantitative estimate of drug-likeness (QED) is 0.639. The summed E-state index contributed by atoms with van der Waals surface area (Å²) < 4.78 is 0. The summed E-state index contributed by atoms with van der Waals surface area (Å²) >= 11 is 0. The number of carboxylic acid groups (broad SMARTS) is 1. The number of non-ortho nitro benzene ring substituents is 1. The Morgan fingerprint density at radius 3 is 2.62 bits per heavy atom. The topological polar surface area (TPSA) is 92.5 Å². The van der Waals surface area contributed by atoms with Gasteiger partial charge >= 0.3 is 5.97 Å². The molecule has 1 aromatic carbocycles. The fourth-order valence-electron chi connectivity index (χ4n) is 2.77. The standard InChI is InChI=1S/C15H20N2O4/c1-10-2-4-11(5-3-10)9-16-14-8-12(17(20)21)6-7-13(14)15(18)19/h6-8,10-11,16H,2-5,9H2,1H3,(H,18,19). The van der Waals surface area contributed by atoms with Crippen LogP contribution in [0.15, 0.2) is 18.2 Å². The number of anilines is 1. The van der Waals surface area contributed by atoms with E-state index in [1.165, 1.54) is 31.0 Å². The molecule has 1 fully saturated rings. The average molecular weight is 292 g/mol. The molecule has 2 N–H and O–H groups in total. The van der Waals surface area contributed by atoms with Gasteiger partial charge < -0.3 is 10.4 Å². The van der Waals surface area contributed by atoms with Gasteiger partial charge in [0.05, 0.1) is 16.2 Å². The molecule has 0 radical (unpaired) electrons. The molecule has 0 heterocycles. The Morgan fingerprint density at radius 1 is 1.38 bits per heavy atom. The van der Waals surface area contributed by atoms with Gasteiger partial charge in [0.2, 0.25) is 0 Å². The Kier molecular flexibility index (Phi) is 4.77. The minimum absolute atomic E-state index is 0.0739. The molecule has 114 valence electrons. The van der Waals surface area contributed by atoms with Crippen molar-refractivity contribution in [2.24, 2.45) is 11.8 Å². The van der Waals surface area contributed by atoms with Gasteiger partial charge in [0.15, 0.2) is 0 Å². The summed E-state index contributed by atoms with van der Waals surface area (Å²) in [4.78, 5) is 21.5. The summed E-state index contributed by atoms with van der Waals surface area (Å²) in [5.74, 6) is 0.181. The maximum absolute atomic E-state index is 11.2. The van der Waals surface area contributed by atoms with Crippen LogP contribution in [0.4, 0.5) is 11.4 Å². The smallest absolute Gasteiger partial charge is 0.337 e. The molecule has 0 saturated heterocycles. The van der Waals surface area contributed by atoms with Gasteiger partial charge in [-0.2, -0.15) is 0 Å². The molecule has 1 aliphatic carbocycles. The highest BCUT2D eigenvalue weighted by Crippen LogP contribution is 2.29. The van der Waals surface area contributed by atoms with Gasteiger partial charge in [-0.25, -0.2) is 4.79 Å². The number of carbonyl (C=O) groups is 1. The monoisotopic (exact) mass is 292 g/mol. The first-order valence-corrected chi connectivity index (χ1v) is 7.23. The predicted octanol–water partition coefficient (Wildman–Crippen LogP) is 3.53. The Morgan fingerprint density at radius 2 is 2.05 bits per heavy atom.